The normalized spacial score (nSPS) is 11.4. The van der Waals surface area contributed by atoms with Gasteiger partial charge in [-0.2, -0.15) is 0 Å². The van der Waals surface area contributed by atoms with Gasteiger partial charge in [0.25, 0.3) is 0 Å². The van der Waals surface area contributed by atoms with Crippen molar-refractivity contribution in [3.63, 3.8) is 0 Å². The lowest BCUT2D eigenvalue weighted by Gasteiger charge is -2.26. The van der Waals surface area contributed by atoms with Crippen molar-refractivity contribution in [2.75, 3.05) is 9.80 Å². The summed E-state index contributed by atoms with van der Waals surface area (Å²) in [6.45, 7) is 0. The third-order valence-corrected chi connectivity index (χ3v) is 13.5. The Balaban J connectivity index is 0.896. The van der Waals surface area contributed by atoms with Crippen molar-refractivity contribution >= 4 is 97.1 Å². The highest BCUT2D eigenvalue weighted by atomic mass is 32.1. The van der Waals surface area contributed by atoms with Crippen LogP contribution in [0.4, 0.5) is 34.1 Å². The summed E-state index contributed by atoms with van der Waals surface area (Å²) in [7, 11) is 0. The minimum atomic E-state index is 1.13. The van der Waals surface area contributed by atoms with Crippen LogP contribution in [0.5, 0.6) is 0 Å². The molecule has 0 radical (unpaired) electrons. The maximum Gasteiger partial charge on any atom is 0.0640 e. The number of nitrogens with zero attached hydrogens (tertiary/aromatic N) is 2. The third kappa shape index (κ3) is 6.02. The van der Waals surface area contributed by atoms with Crippen LogP contribution in [0.2, 0.25) is 0 Å². The Morgan fingerprint density at radius 2 is 0.552 bits per heavy atom. The molecule has 0 spiro atoms. The molecule has 0 aliphatic carbocycles. The number of anilines is 6. The Morgan fingerprint density at radius 1 is 0.241 bits per heavy atom. The van der Waals surface area contributed by atoms with Crippen LogP contribution in [-0.4, -0.2) is 0 Å². The fourth-order valence-electron chi connectivity index (χ4n) is 8.29. The average molecular weight is 777 g/mol. The monoisotopic (exact) mass is 776 g/mol. The summed E-state index contributed by atoms with van der Waals surface area (Å²) in [6.07, 6.45) is 0. The van der Waals surface area contributed by atoms with Crippen molar-refractivity contribution in [2.24, 2.45) is 0 Å². The standard InChI is InChI=1S/C54H36N2S2/c1-3-13-41(14-4-1)55(49-21-11-19-47-45-17-7-9-23-51(45)57-53(47)49)43-33-29-39(30-34-43)37-25-27-38(28-26-37)40-31-35-44(36-32-40)56(42-15-5-2-6-16-42)50-22-12-20-48-46-18-8-10-24-52(46)58-54(48)50/h1-36H. The average Bonchev–Trinajstić information content (AvgIpc) is 3.88. The molecule has 0 saturated carbocycles. The fraction of sp³-hybridized carbons (Fsp3) is 0. The van der Waals surface area contributed by atoms with Crippen LogP contribution in [0.3, 0.4) is 0 Å². The number of benzene rings is 9. The molecule has 274 valence electrons. The van der Waals surface area contributed by atoms with E-state index in [0.29, 0.717) is 0 Å². The number of rotatable bonds is 8. The first-order chi connectivity index (χ1) is 28.8. The predicted molar refractivity (Wildman–Crippen MR) is 252 cm³/mol. The van der Waals surface area contributed by atoms with E-state index in [9.17, 15) is 0 Å². The first-order valence-corrected chi connectivity index (χ1v) is 21.2. The minimum absolute atomic E-state index is 1.13. The first kappa shape index (κ1) is 34.3. The van der Waals surface area contributed by atoms with Gasteiger partial charge in [-0.15, -0.1) is 22.7 Å². The highest BCUT2D eigenvalue weighted by molar-refractivity contribution is 7.26. The van der Waals surface area contributed by atoms with Gasteiger partial charge in [0.05, 0.1) is 20.8 Å². The second-order valence-corrected chi connectivity index (χ2v) is 16.6. The fourth-order valence-corrected chi connectivity index (χ4v) is 10.7. The van der Waals surface area contributed by atoms with Crippen LogP contribution >= 0.6 is 22.7 Å². The van der Waals surface area contributed by atoms with Gasteiger partial charge in [0.15, 0.2) is 0 Å². The third-order valence-electron chi connectivity index (χ3n) is 11.1. The molecule has 0 fully saturated rings. The Bertz CT molecular complexity index is 2980. The van der Waals surface area contributed by atoms with Gasteiger partial charge in [-0.25, -0.2) is 0 Å². The summed E-state index contributed by atoms with van der Waals surface area (Å²) < 4.78 is 5.20. The summed E-state index contributed by atoms with van der Waals surface area (Å²) in [6, 6.07) is 79.1. The Hall–Kier alpha value is -6.98. The van der Waals surface area contributed by atoms with Crippen LogP contribution in [-0.2, 0) is 0 Å². The van der Waals surface area contributed by atoms with E-state index < -0.39 is 0 Å². The summed E-state index contributed by atoms with van der Waals surface area (Å²) in [5, 5.41) is 5.21. The second-order valence-electron chi connectivity index (χ2n) is 14.5. The maximum absolute atomic E-state index is 2.39. The minimum Gasteiger partial charge on any atom is -0.309 e. The number of hydrogen-bond acceptors (Lipinski definition) is 4. The van der Waals surface area contributed by atoms with Crippen LogP contribution in [0.25, 0.3) is 62.6 Å². The lowest BCUT2D eigenvalue weighted by atomic mass is 9.99. The van der Waals surface area contributed by atoms with Crippen molar-refractivity contribution < 1.29 is 0 Å². The second kappa shape index (κ2) is 14.5. The Morgan fingerprint density at radius 3 is 0.948 bits per heavy atom. The molecule has 0 bridgehead atoms. The zero-order valence-corrected chi connectivity index (χ0v) is 33.1. The molecule has 2 nitrogen and oxygen atoms in total. The zero-order chi connectivity index (χ0) is 38.4. The van der Waals surface area contributed by atoms with Gasteiger partial charge >= 0.3 is 0 Å². The number of para-hydroxylation sites is 2. The first-order valence-electron chi connectivity index (χ1n) is 19.6. The highest BCUT2D eigenvalue weighted by Gasteiger charge is 2.20. The molecule has 4 heteroatoms. The molecular formula is C54H36N2S2. The molecule has 0 aliphatic heterocycles. The van der Waals surface area contributed by atoms with E-state index in [1.807, 2.05) is 22.7 Å². The molecule has 0 unspecified atom stereocenters. The molecule has 2 aromatic heterocycles. The van der Waals surface area contributed by atoms with E-state index in [1.54, 1.807) is 0 Å². The van der Waals surface area contributed by atoms with E-state index in [2.05, 4.69) is 228 Å². The summed E-state index contributed by atoms with van der Waals surface area (Å²) in [5.41, 5.74) is 11.7. The topological polar surface area (TPSA) is 6.48 Å². The number of fused-ring (bicyclic) bond motifs is 6. The molecule has 2 heterocycles. The van der Waals surface area contributed by atoms with Gasteiger partial charge in [-0.3, -0.25) is 0 Å². The lowest BCUT2D eigenvalue weighted by molar-refractivity contribution is 1.30. The largest absolute Gasteiger partial charge is 0.309 e. The zero-order valence-electron chi connectivity index (χ0n) is 31.5. The number of thiophene rings is 2. The van der Waals surface area contributed by atoms with Gasteiger partial charge in [0.2, 0.25) is 0 Å². The lowest BCUT2D eigenvalue weighted by Crippen LogP contribution is -2.09. The van der Waals surface area contributed by atoms with Crippen LogP contribution in [0.15, 0.2) is 218 Å². The van der Waals surface area contributed by atoms with E-state index in [1.165, 1.54) is 74.0 Å². The van der Waals surface area contributed by atoms with Crippen molar-refractivity contribution in [2.45, 2.75) is 0 Å². The molecule has 0 atom stereocenters. The summed E-state index contributed by atoms with van der Waals surface area (Å²) >= 11 is 3.72. The van der Waals surface area contributed by atoms with Gasteiger partial charge in [0.1, 0.15) is 0 Å². The SMILES string of the molecule is c1ccc(N(c2ccc(-c3ccc(-c4ccc(N(c5ccccc5)c5cccc6c5sc5ccccc56)cc4)cc3)cc2)c2cccc3c2sc2ccccc23)cc1. The molecule has 0 N–H and O–H groups in total. The molecule has 0 saturated heterocycles. The van der Waals surface area contributed by atoms with Crippen molar-refractivity contribution in [1.29, 1.82) is 0 Å². The Labute approximate surface area is 345 Å². The number of hydrogen-bond donors (Lipinski definition) is 0. The molecule has 0 amide bonds. The van der Waals surface area contributed by atoms with E-state index in [-0.39, 0.29) is 0 Å². The van der Waals surface area contributed by atoms with Gasteiger partial charge in [-0.1, -0.05) is 146 Å². The quantitative estimate of drug-likeness (QED) is 0.152. The highest BCUT2D eigenvalue weighted by Crippen LogP contribution is 2.46. The van der Waals surface area contributed by atoms with Crippen molar-refractivity contribution in [1.82, 2.24) is 0 Å². The smallest absolute Gasteiger partial charge is 0.0640 e. The van der Waals surface area contributed by atoms with E-state index >= 15 is 0 Å². The van der Waals surface area contributed by atoms with Crippen molar-refractivity contribution in [3.8, 4) is 22.3 Å². The molecule has 11 aromatic rings. The van der Waals surface area contributed by atoms with E-state index in [0.717, 1.165) is 22.7 Å². The molecule has 58 heavy (non-hydrogen) atoms. The molecular weight excluding hydrogens is 741 g/mol. The van der Waals surface area contributed by atoms with E-state index in [4.69, 9.17) is 0 Å². The molecule has 11 rings (SSSR count). The molecule has 0 aliphatic rings. The van der Waals surface area contributed by atoms with Crippen LogP contribution in [0, 0.1) is 0 Å². The Kier molecular flexibility index (Phi) is 8.58. The predicted octanol–water partition coefficient (Wildman–Crippen LogP) is 16.7. The van der Waals surface area contributed by atoms with Gasteiger partial charge in [0, 0.05) is 53.7 Å². The molecule has 9 aromatic carbocycles. The van der Waals surface area contributed by atoms with Gasteiger partial charge < -0.3 is 9.80 Å². The summed E-state index contributed by atoms with van der Waals surface area (Å²) in [4.78, 5) is 4.77. The van der Waals surface area contributed by atoms with Crippen LogP contribution in [0.1, 0.15) is 0 Å². The van der Waals surface area contributed by atoms with Crippen molar-refractivity contribution in [3.05, 3.63) is 218 Å². The maximum atomic E-state index is 2.39. The van der Waals surface area contributed by atoms with Gasteiger partial charge in [-0.05, 0) is 95.1 Å². The van der Waals surface area contributed by atoms with Crippen LogP contribution < -0.4 is 9.80 Å². The summed E-state index contributed by atoms with van der Waals surface area (Å²) in [5.74, 6) is 0.